The van der Waals surface area contributed by atoms with Crippen LogP contribution in [0.15, 0.2) is 24.3 Å². The summed E-state index contributed by atoms with van der Waals surface area (Å²) in [5, 5.41) is 0.773. The lowest BCUT2D eigenvalue weighted by Gasteiger charge is -1.97. The minimum Gasteiger partial charge on any atom is -0.464 e. The molecule has 88 valence electrons. The molecule has 17 heavy (non-hydrogen) atoms. The fraction of sp³-hybridized carbons (Fsp3) is 0.167. The van der Waals surface area contributed by atoms with Gasteiger partial charge in [-0.25, -0.2) is 9.78 Å². The van der Waals surface area contributed by atoms with Gasteiger partial charge in [-0.3, -0.25) is 0 Å². The van der Waals surface area contributed by atoms with Crippen molar-refractivity contribution in [3.8, 4) is 10.6 Å². The third kappa shape index (κ3) is 2.29. The number of thiazole rings is 1. The Labute approximate surface area is 103 Å². The van der Waals surface area contributed by atoms with Crippen LogP contribution in [0.5, 0.6) is 0 Å². The van der Waals surface area contributed by atoms with Gasteiger partial charge in [0.2, 0.25) is 0 Å². The Morgan fingerprint density at radius 3 is 2.88 bits per heavy atom. The highest BCUT2D eigenvalue weighted by Crippen LogP contribution is 2.28. The molecular weight excluding hydrogens is 236 g/mol. The number of carbonyl (C=O) groups is 1. The number of ether oxygens (including phenoxy) is 1. The normalized spacial score (nSPS) is 10.2. The fourth-order valence-electron chi connectivity index (χ4n) is 1.48. The topological polar surface area (TPSA) is 65.2 Å². The van der Waals surface area contributed by atoms with Crippen molar-refractivity contribution < 1.29 is 9.53 Å². The Bertz CT molecular complexity index is 563. The van der Waals surface area contributed by atoms with Crippen LogP contribution >= 0.6 is 11.3 Å². The number of methoxy groups -OCH3 is 1. The van der Waals surface area contributed by atoms with Crippen molar-refractivity contribution in [3.05, 3.63) is 34.8 Å². The minimum atomic E-state index is -0.408. The number of rotatable bonds is 2. The van der Waals surface area contributed by atoms with Gasteiger partial charge in [-0.15, -0.1) is 11.3 Å². The number of nitrogens with zero attached hydrogens (tertiary/aromatic N) is 1. The van der Waals surface area contributed by atoms with E-state index in [0.717, 1.165) is 15.4 Å². The van der Waals surface area contributed by atoms with Gasteiger partial charge < -0.3 is 10.5 Å². The molecule has 0 atom stereocenters. The van der Waals surface area contributed by atoms with Crippen LogP contribution in [-0.2, 0) is 4.74 Å². The summed E-state index contributed by atoms with van der Waals surface area (Å²) >= 11 is 1.45. The van der Waals surface area contributed by atoms with Gasteiger partial charge >= 0.3 is 5.97 Å². The highest BCUT2D eigenvalue weighted by Gasteiger charge is 2.16. The standard InChI is InChI=1S/C12H12N2O2S/c1-7-10(12(15)16-2)14-11(17-7)8-4-3-5-9(13)6-8/h3-6H,13H2,1-2H3. The summed E-state index contributed by atoms with van der Waals surface area (Å²) in [5.74, 6) is -0.408. The first kappa shape index (κ1) is 11.6. The van der Waals surface area contributed by atoms with E-state index in [1.54, 1.807) is 0 Å². The lowest BCUT2D eigenvalue weighted by molar-refractivity contribution is 0.0594. The number of hydrogen-bond donors (Lipinski definition) is 1. The average Bonchev–Trinajstić information content (AvgIpc) is 2.70. The van der Waals surface area contributed by atoms with Gasteiger partial charge in [0.1, 0.15) is 5.01 Å². The summed E-state index contributed by atoms with van der Waals surface area (Å²) in [6, 6.07) is 7.42. The minimum absolute atomic E-state index is 0.370. The molecule has 1 aromatic heterocycles. The molecule has 0 bridgehead atoms. The molecule has 1 aromatic carbocycles. The summed E-state index contributed by atoms with van der Waals surface area (Å²) < 4.78 is 4.67. The lowest BCUT2D eigenvalue weighted by Crippen LogP contribution is -2.03. The first-order chi connectivity index (χ1) is 8.11. The van der Waals surface area contributed by atoms with Gasteiger partial charge in [-0.2, -0.15) is 0 Å². The van der Waals surface area contributed by atoms with Crippen LogP contribution < -0.4 is 5.73 Å². The van der Waals surface area contributed by atoms with E-state index in [1.807, 2.05) is 31.2 Å². The molecule has 2 N–H and O–H groups in total. The molecule has 0 saturated heterocycles. The Hall–Kier alpha value is -1.88. The number of esters is 1. The molecule has 0 saturated carbocycles. The number of anilines is 1. The van der Waals surface area contributed by atoms with E-state index in [0.29, 0.717) is 11.4 Å². The van der Waals surface area contributed by atoms with Crippen LogP contribution in [0.1, 0.15) is 15.4 Å². The molecule has 2 rings (SSSR count). The maximum absolute atomic E-state index is 11.4. The second-order valence-corrected chi connectivity index (χ2v) is 4.74. The molecule has 0 amide bonds. The molecule has 0 spiro atoms. The third-order valence-electron chi connectivity index (χ3n) is 2.31. The van der Waals surface area contributed by atoms with Crippen molar-refractivity contribution in [3.63, 3.8) is 0 Å². The van der Waals surface area contributed by atoms with Crippen LogP contribution in [-0.4, -0.2) is 18.1 Å². The van der Waals surface area contributed by atoms with E-state index in [9.17, 15) is 4.79 Å². The first-order valence-electron chi connectivity index (χ1n) is 5.03. The fourth-order valence-corrected chi connectivity index (χ4v) is 2.38. The van der Waals surface area contributed by atoms with Crippen LogP contribution in [0.3, 0.4) is 0 Å². The van der Waals surface area contributed by atoms with E-state index in [-0.39, 0.29) is 0 Å². The number of nitrogen functional groups attached to an aromatic ring is 1. The smallest absolute Gasteiger partial charge is 0.357 e. The largest absolute Gasteiger partial charge is 0.464 e. The Morgan fingerprint density at radius 1 is 1.47 bits per heavy atom. The Morgan fingerprint density at radius 2 is 2.24 bits per heavy atom. The van der Waals surface area contributed by atoms with Crippen LogP contribution in [0.25, 0.3) is 10.6 Å². The Balaban J connectivity index is 2.44. The van der Waals surface area contributed by atoms with Crippen molar-refractivity contribution in [2.24, 2.45) is 0 Å². The van der Waals surface area contributed by atoms with E-state index in [4.69, 9.17) is 5.73 Å². The quantitative estimate of drug-likeness (QED) is 0.655. The lowest BCUT2D eigenvalue weighted by atomic mass is 10.2. The summed E-state index contributed by atoms with van der Waals surface area (Å²) in [5.41, 5.74) is 7.67. The van der Waals surface area contributed by atoms with Crippen molar-refractivity contribution in [2.45, 2.75) is 6.92 Å². The molecule has 5 heteroatoms. The molecule has 0 aliphatic carbocycles. The number of aromatic nitrogens is 1. The molecule has 1 heterocycles. The maximum Gasteiger partial charge on any atom is 0.357 e. The predicted octanol–water partition coefficient (Wildman–Crippen LogP) is 2.49. The van der Waals surface area contributed by atoms with Crippen LogP contribution in [0.4, 0.5) is 5.69 Å². The molecular formula is C12H12N2O2S. The van der Waals surface area contributed by atoms with Crippen molar-refractivity contribution in [1.82, 2.24) is 4.98 Å². The van der Waals surface area contributed by atoms with Gasteiger partial charge in [0.05, 0.1) is 7.11 Å². The second-order valence-electron chi connectivity index (χ2n) is 3.54. The molecule has 0 fully saturated rings. The van der Waals surface area contributed by atoms with Gasteiger partial charge in [-0.05, 0) is 19.1 Å². The van der Waals surface area contributed by atoms with Gasteiger partial charge in [0.15, 0.2) is 5.69 Å². The highest BCUT2D eigenvalue weighted by atomic mass is 32.1. The monoisotopic (exact) mass is 248 g/mol. The molecule has 0 aliphatic heterocycles. The number of benzene rings is 1. The maximum atomic E-state index is 11.4. The molecule has 0 unspecified atom stereocenters. The van der Waals surface area contributed by atoms with Gasteiger partial charge in [-0.1, -0.05) is 12.1 Å². The highest BCUT2D eigenvalue weighted by molar-refractivity contribution is 7.15. The van der Waals surface area contributed by atoms with Gasteiger partial charge in [0.25, 0.3) is 0 Å². The number of nitrogens with two attached hydrogens (primary N) is 1. The number of hydrogen-bond acceptors (Lipinski definition) is 5. The molecule has 0 radical (unpaired) electrons. The molecule has 4 nitrogen and oxygen atoms in total. The van der Waals surface area contributed by atoms with E-state index in [1.165, 1.54) is 18.4 Å². The van der Waals surface area contributed by atoms with Crippen molar-refractivity contribution in [2.75, 3.05) is 12.8 Å². The van der Waals surface area contributed by atoms with Crippen LogP contribution in [0, 0.1) is 6.92 Å². The zero-order valence-electron chi connectivity index (χ0n) is 9.56. The van der Waals surface area contributed by atoms with Gasteiger partial charge in [0, 0.05) is 16.1 Å². The predicted molar refractivity (Wildman–Crippen MR) is 68.0 cm³/mol. The third-order valence-corrected chi connectivity index (χ3v) is 3.33. The molecule has 0 aliphatic rings. The van der Waals surface area contributed by atoms with Crippen molar-refractivity contribution in [1.29, 1.82) is 0 Å². The van der Waals surface area contributed by atoms with E-state index >= 15 is 0 Å². The zero-order valence-corrected chi connectivity index (χ0v) is 10.4. The Kier molecular flexibility index (Phi) is 3.10. The zero-order chi connectivity index (χ0) is 12.4. The summed E-state index contributed by atoms with van der Waals surface area (Å²) in [6.45, 7) is 1.85. The summed E-state index contributed by atoms with van der Waals surface area (Å²) in [7, 11) is 1.35. The summed E-state index contributed by atoms with van der Waals surface area (Å²) in [4.78, 5) is 16.6. The number of aryl methyl sites for hydroxylation is 1. The SMILES string of the molecule is COC(=O)c1nc(-c2cccc(N)c2)sc1C. The average molecular weight is 248 g/mol. The first-order valence-corrected chi connectivity index (χ1v) is 5.85. The summed E-state index contributed by atoms with van der Waals surface area (Å²) in [6.07, 6.45) is 0. The van der Waals surface area contributed by atoms with E-state index < -0.39 is 5.97 Å². The van der Waals surface area contributed by atoms with Crippen molar-refractivity contribution >= 4 is 23.0 Å². The van der Waals surface area contributed by atoms with Crippen LogP contribution in [0.2, 0.25) is 0 Å². The number of carbonyl (C=O) groups excluding carboxylic acids is 1. The van der Waals surface area contributed by atoms with E-state index in [2.05, 4.69) is 9.72 Å². The second kappa shape index (κ2) is 4.55. The molecule has 2 aromatic rings.